The number of fused-ring (bicyclic) bond motifs is 1. The second-order valence-corrected chi connectivity index (χ2v) is 6.91. The number of aromatic amines is 1. The van der Waals surface area contributed by atoms with Crippen LogP contribution < -0.4 is 5.73 Å². The second-order valence-electron chi connectivity index (χ2n) is 6.02. The first kappa shape index (κ1) is 17.1. The number of hydrogen-bond donors (Lipinski definition) is 3. The maximum Gasteiger partial charge on any atom is 0.220 e. The van der Waals surface area contributed by atoms with Crippen LogP contribution in [0.1, 0.15) is 17.5 Å². The van der Waals surface area contributed by atoms with Gasteiger partial charge in [0.1, 0.15) is 16.3 Å². The molecule has 1 aromatic carbocycles. The summed E-state index contributed by atoms with van der Waals surface area (Å²) in [5.74, 6) is 5.03. The average molecular weight is 379 g/mol. The van der Waals surface area contributed by atoms with Gasteiger partial charge in [-0.05, 0) is 13.0 Å². The minimum absolute atomic E-state index is 0.110. The van der Waals surface area contributed by atoms with Crippen LogP contribution in [-0.4, -0.2) is 25.0 Å². The molecule has 8 heteroatoms. The predicted molar refractivity (Wildman–Crippen MR) is 102 cm³/mol. The van der Waals surface area contributed by atoms with Crippen molar-refractivity contribution in [1.29, 1.82) is 0 Å². The van der Waals surface area contributed by atoms with E-state index in [1.54, 1.807) is 42.2 Å². The summed E-state index contributed by atoms with van der Waals surface area (Å²) in [6.45, 7) is 1.53. The number of nitrogens with zero attached hydrogens (tertiary/aromatic N) is 3. The Bertz CT molecular complexity index is 1190. The van der Waals surface area contributed by atoms with E-state index in [0.29, 0.717) is 27.2 Å². The number of nitrogen functional groups attached to an aromatic ring is 1. The number of benzene rings is 1. The molecule has 1 unspecified atom stereocenters. The Hall–Kier alpha value is -3.28. The number of H-pyrrole nitrogens is 1. The number of thiazole rings is 1. The quantitative estimate of drug-likeness (QED) is 0.465. The predicted octanol–water partition coefficient (Wildman–Crippen LogP) is 3.06. The summed E-state index contributed by atoms with van der Waals surface area (Å²) in [7, 11) is 0. The van der Waals surface area contributed by atoms with E-state index >= 15 is 4.39 Å². The van der Waals surface area contributed by atoms with Gasteiger partial charge >= 0.3 is 0 Å². The molecule has 0 spiro atoms. The molecule has 3 aromatic heterocycles. The highest BCUT2D eigenvalue weighted by Crippen LogP contribution is 2.30. The molecular weight excluding hydrogens is 365 g/mol. The zero-order valence-corrected chi connectivity index (χ0v) is 15.0. The van der Waals surface area contributed by atoms with E-state index in [2.05, 4.69) is 31.8 Å². The third kappa shape index (κ3) is 3.14. The highest BCUT2D eigenvalue weighted by atomic mass is 32.1. The van der Waals surface area contributed by atoms with Crippen molar-refractivity contribution in [3.63, 3.8) is 0 Å². The number of nitrogens with two attached hydrogens (primary N) is 1. The third-order valence-corrected chi connectivity index (χ3v) is 5.00. The molecule has 27 heavy (non-hydrogen) atoms. The Morgan fingerprint density at radius 1 is 1.30 bits per heavy atom. The normalized spacial score (nSPS) is 13.1. The number of hydrogen-bond acceptors (Lipinski definition) is 6. The van der Waals surface area contributed by atoms with Gasteiger partial charge in [0.15, 0.2) is 5.60 Å². The van der Waals surface area contributed by atoms with Crippen molar-refractivity contribution in [2.75, 3.05) is 5.73 Å². The standard InChI is InChI=1S/C19H14FN5OS/c1-19(26,17-22-7-8-27-17)6-5-11-3-2-4-12(15(11)20)13-9-23-14-10-24-18(21)25-16(13)14/h2-4,7-10,23,26H,1H3,(H2,21,24,25). The van der Waals surface area contributed by atoms with E-state index in [-0.39, 0.29) is 11.5 Å². The molecule has 0 saturated carbocycles. The molecule has 0 radical (unpaired) electrons. The van der Waals surface area contributed by atoms with Gasteiger partial charge in [-0.3, -0.25) is 0 Å². The van der Waals surface area contributed by atoms with Crippen molar-refractivity contribution in [3.05, 3.63) is 58.6 Å². The SMILES string of the molecule is CC(O)(C#Cc1cccc(-c2c[nH]c3cnc(N)nc23)c1F)c1nccs1. The lowest BCUT2D eigenvalue weighted by molar-refractivity contribution is 0.122. The molecule has 134 valence electrons. The zero-order valence-electron chi connectivity index (χ0n) is 14.2. The van der Waals surface area contributed by atoms with Crippen LogP contribution in [0.25, 0.3) is 22.2 Å². The van der Waals surface area contributed by atoms with Crippen LogP contribution in [0.4, 0.5) is 10.3 Å². The van der Waals surface area contributed by atoms with Crippen LogP contribution in [-0.2, 0) is 5.60 Å². The van der Waals surface area contributed by atoms with Crippen LogP contribution >= 0.6 is 11.3 Å². The Morgan fingerprint density at radius 2 is 2.15 bits per heavy atom. The molecule has 4 rings (SSSR count). The van der Waals surface area contributed by atoms with Crippen molar-refractivity contribution in [1.82, 2.24) is 19.9 Å². The van der Waals surface area contributed by atoms with E-state index in [4.69, 9.17) is 5.73 Å². The highest BCUT2D eigenvalue weighted by Gasteiger charge is 2.23. The van der Waals surface area contributed by atoms with Crippen molar-refractivity contribution in [2.24, 2.45) is 0 Å². The first-order chi connectivity index (χ1) is 13.0. The van der Waals surface area contributed by atoms with Gasteiger partial charge in [0.05, 0.1) is 17.3 Å². The molecule has 0 aliphatic heterocycles. The molecular formula is C19H14FN5OS. The first-order valence-corrected chi connectivity index (χ1v) is 8.87. The summed E-state index contributed by atoms with van der Waals surface area (Å²) in [6.07, 6.45) is 4.79. The van der Waals surface area contributed by atoms with Crippen molar-refractivity contribution < 1.29 is 9.50 Å². The van der Waals surface area contributed by atoms with Crippen LogP contribution in [0.5, 0.6) is 0 Å². The molecule has 4 aromatic rings. The van der Waals surface area contributed by atoms with E-state index in [1.165, 1.54) is 18.3 Å². The molecule has 4 N–H and O–H groups in total. The molecule has 0 bridgehead atoms. The number of rotatable bonds is 2. The molecule has 0 aliphatic carbocycles. The van der Waals surface area contributed by atoms with Gasteiger partial charge in [0, 0.05) is 28.9 Å². The summed E-state index contributed by atoms with van der Waals surface area (Å²) >= 11 is 1.29. The first-order valence-electron chi connectivity index (χ1n) is 8.00. The molecule has 0 fully saturated rings. The molecule has 0 amide bonds. The number of aromatic nitrogens is 4. The maximum absolute atomic E-state index is 15.1. The number of anilines is 1. The van der Waals surface area contributed by atoms with Crippen molar-refractivity contribution in [2.45, 2.75) is 12.5 Å². The fourth-order valence-electron chi connectivity index (χ4n) is 2.67. The van der Waals surface area contributed by atoms with E-state index in [1.807, 2.05) is 0 Å². The van der Waals surface area contributed by atoms with Gasteiger partial charge in [0.2, 0.25) is 5.95 Å². The molecule has 1 atom stereocenters. The van der Waals surface area contributed by atoms with Gasteiger partial charge in [-0.15, -0.1) is 11.3 Å². The summed E-state index contributed by atoms with van der Waals surface area (Å²) in [4.78, 5) is 15.2. The lowest BCUT2D eigenvalue weighted by Crippen LogP contribution is -2.18. The summed E-state index contributed by atoms with van der Waals surface area (Å²) in [5, 5.41) is 12.7. The van der Waals surface area contributed by atoms with Gasteiger partial charge in [-0.2, -0.15) is 0 Å². The number of halogens is 1. The van der Waals surface area contributed by atoms with Crippen LogP contribution in [0.2, 0.25) is 0 Å². The van der Waals surface area contributed by atoms with Crippen LogP contribution in [0.3, 0.4) is 0 Å². The molecule has 0 saturated heterocycles. The van der Waals surface area contributed by atoms with Crippen LogP contribution in [0, 0.1) is 17.7 Å². The number of nitrogens with one attached hydrogen (secondary N) is 1. The fourth-order valence-corrected chi connectivity index (χ4v) is 3.33. The Balaban J connectivity index is 1.78. The second kappa shape index (κ2) is 6.46. The van der Waals surface area contributed by atoms with Gasteiger partial charge in [0.25, 0.3) is 0 Å². The van der Waals surface area contributed by atoms with Gasteiger partial charge < -0.3 is 15.8 Å². The number of aliphatic hydroxyl groups is 1. The van der Waals surface area contributed by atoms with Crippen LogP contribution in [0.15, 0.2) is 42.2 Å². The zero-order chi connectivity index (χ0) is 19.0. The summed E-state index contributed by atoms with van der Waals surface area (Å²) in [5.41, 5.74) is 6.44. The minimum atomic E-state index is -1.46. The van der Waals surface area contributed by atoms with Crippen molar-refractivity contribution >= 4 is 28.3 Å². The third-order valence-electron chi connectivity index (χ3n) is 4.01. The van der Waals surface area contributed by atoms with Crippen molar-refractivity contribution in [3.8, 4) is 23.0 Å². The van der Waals surface area contributed by atoms with Gasteiger partial charge in [-0.25, -0.2) is 19.3 Å². The lowest BCUT2D eigenvalue weighted by Gasteiger charge is -2.12. The van der Waals surface area contributed by atoms with E-state index in [9.17, 15) is 5.11 Å². The van der Waals surface area contributed by atoms with E-state index in [0.717, 1.165) is 0 Å². The molecule has 0 aliphatic rings. The van der Waals surface area contributed by atoms with Gasteiger partial charge in [-0.1, -0.05) is 24.0 Å². The highest BCUT2D eigenvalue weighted by molar-refractivity contribution is 7.09. The summed E-state index contributed by atoms with van der Waals surface area (Å²) < 4.78 is 15.1. The average Bonchev–Trinajstić information content (AvgIpc) is 3.31. The monoisotopic (exact) mass is 379 g/mol. The van der Waals surface area contributed by atoms with E-state index < -0.39 is 11.4 Å². The Labute approximate surface area is 157 Å². The Morgan fingerprint density at radius 3 is 2.93 bits per heavy atom. The lowest BCUT2D eigenvalue weighted by atomic mass is 10.0. The minimum Gasteiger partial charge on any atom is -0.371 e. The maximum atomic E-state index is 15.1. The topological polar surface area (TPSA) is 101 Å². The smallest absolute Gasteiger partial charge is 0.220 e. The molecule has 6 nitrogen and oxygen atoms in total. The largest absolute Gasteiger partial charge is 0.371 e. The molecule has 3 heterocycles. The summed E-state index contributed by atoms with van der Waals surface area (Å²) in [6, 6.07) is 4.90. The fraction of sp³-hybridized carbons (Fsp3) is 0.105. The Kier molecular flexibility index (Phi) is 4.11.